The maximum Gasteiger partial charge on any atom is -0.0209 e. The molecule has 0 unspecified atom stereocenters. The van der Waals surface area contributed by atoms with Gasteiger partial charge in [0.25, 0.3) is 0 Å². The Balaban J connectivity index is 3.10. The van der Waals surface area contributed by atoms with Crippen LogP contribution in [0, 0.1) is 13.8 Å². The standard InChI is InChI=1S/C11H14S/c1-8-4-5-11(7-10(3)12)9(2)6-8/h4-7,12H,1-3H3/b10-7-. The van der Waals surface area contributed by atoms with Gasteiger partial charge in [-0.3, -0.25) is 0 Å². The highest BCUT2D eigenvalue weighted by molar-refractivity contribution is 7.84. The summed E-state index contributed by atoms with van der Waals surface area (Å²) in [6, 6.07) is 6.43. The minimum atomic E-state index is 1.04. The minimum absolute atomic E-state index is 1.04. The smallest absolute Gasteiger partial charge is 0.0209 e. The summed E-state index contributed by atoms with van der Waals surface area (Å²) in [5.41, 5.74) is 3.87. The van der Waals surface area contributed by atoms with Gasteiger partial charge in [-0.25, -0.2) is 0 Å². The molecule has 1 aromatic rings. The summed E-state index contributed by atoms with van der Waals surface area (Å²) in [5, 5.41) is 0. The SMILES string of the molecule is C/C(S)=C/c1ccc(C)cc1C. The normalized spacial score (nSPS) is 11.8. The highest BCUT2D eigenvalue weighted by atomic mass is 32.1. The third-order valence-corrected chi connectivity index (χ3v) is 1.92. The lowest BCUT2D eigenvalue weighted by Crippen LogP contribution is -1.81. The van der Waals surface area contributed by atoms with E-state index < -0.39 is 0 Å². The minimum Gasteiger partial charge on any atom is -0.148 e. The Kier molecular flexibility index (Phi) is 2.99. The van der Waals surface area contributed by atoms with Gasteiger partial charge in [0.15, 0.2) is 0 Å². The molecule has 0 N–H and O–H groups in total. The van der Waals surface area contributed by atoms with Crippen LogP contribution in [0.25, 0.3) is 6.08 Å². The molecule has 0 fully saturated rings. The number of benzene rings is 1. The van der Waals surface area contributed by atoms with Crippen molar-refractivity contribution < 1.29 is 0 Å². The molecule has 0 bridgehead atoms. The Bertz CT molecular complexity index is 307. The lowest BCUT2D eigenvalue weighted by Gasteiger charge is -2.01. The Labute approximate surface area is 79.7 Å². The quantitative estimate of drug-likeness (QED) is 0.624. The van der Waals surface area contributed by atoms with E-state index >= 15 is 0 Å². The Morgan fingerprint density at radius 1 is 1.33 bits per heavy atom. The molecule has 1 heteroatoms. The van der Waals surface area contributed by atoms with Crippen LogP contribution in [-0.2, 0) is 0 Å². The molecular weight excluding hydrogens is 164 g/mol. The Hall–Kier alpha value is -0.690. The van der Waals surface area contributed by atoms with Crippen molar-refractivity contribution in [3.63, 3.8) is 0 Å². The molecule has 0 saturated carbocycles. The van der Waals surface area contributed by atoms with E-state index in [2.05, 4.69) is 50.8 Å². The third-order valence-electron chi connectivity index (χ3n) is 1.79. The summed E-state index contributed by atoms with van der Waals surface area (Å²) >= 11 is 4.24. The van der Waals surface area contributed by atoms with Crippen molar-refractivity contribution in [2.24, 2.45) is 0 Å². The lowest BCUT2D eigenvalue weighted by atomic mass is 10.1. The monoisotopic (exact) mass is 178 g/mol. The molecule has 0 nitrogen and oxygen atoms in total. The van der Waals surface area contributed by atoms with E-state index in [4.69, 9.17) is 0 Å². The van der Waals surface area contributed by atoms with Crippen LogP contribution < -0.4 is 0 Å². The second-order valence-corrected chi connectivity index (χ2v) is 3.85. The maximum absolute atomic E-state index is 4.24. The van der Waals surface area contributed by atoms with Crippen LogP contribution in [0.4, 0.5) is 0 Å². The highest BCUT2D eigenvalue weighted by Gasteiger charge is 1.94. The molecule has 0 aliphatic carbocycles. The van der Waals surface area contributed by atoms with Crippen molar-refractivity contribution in [3.05, 3.63) is 39.8 Å². The molecule has 0 aliphatic rings. The molecule has 0 aliphatic heterocycles. The molecule has 0 radical (unpaired) electrons. The average molecular weight is 178 g/mol. The second-order valence-electron chi connectivity index (χ2n) is 3.15. The van der Waals surface area contributed by atoms with Gasteiger partial charge >= 0.3 is 0 Å². The van der Waals surface area contributed by atoms with E-state index in [1.165, 1.54) is 16.7 Å². The largest absolute Gasteiger partial charge is 0.148 e. The highest BCUT2D eigenvalue weighted by Crippen LogP contribution is 2.15. The van der Waals surface area contributed by atoms with E-state index in [1.54, 1.807) is 0 Å². The predicted molar refractivity (Wildman–Crippen MR) is 58.6 cm³/mol. The number of allylic oxidation sites excluding steroid dienone is 1. The van der Waals surface area contributed by atoms with E-state index in [9.17, 15) is 0 Å². The fourth-order valence-corrected chi connectivity index (χ4v) is 1.35. The summed E-state index contributed by atoms with van der Waals surface area (Å²) in [6.07, 6.45) is 2.08. The van der Waals surface area contributed by atoms with Crippen molar-refractivity contribution in [3.8, 4) is 0 Å². The topological polar surface area (TPSA) is 0 Å². The number of thiol groups is 1. The first kappa shape index (κ1) is 9.40. The van der Waals surface area contributed by atoms with E-state index in [-0.39, 0.29) is 0 Å². The van der Waals surface area contributed by atoms with Crippen LogP contribution in [-0.4, -0.2) is 0 Å². The zero-order valence-corrected chi connectivity index (χ0v) is 8.65. The zero-order chi connectivity index (χ0) is 9.14. The molecular formula is C11H14S. The summed E-state index contributed by atoms with van der Waals surface area (Å²) in [7, 11) is 0. The van der Waals surface area contributed by atoms with E-state index in [0.29, 0.717) is 0 Å². The molecule has 0 spiro atoms. The van der Waals surface area contributed by atoms with Gasteiger partial charge in [-0.15, -0.1) is 12.6 Å². The van der Waals surface area contributed by atoms with Crippen LogP contribution in [0.15, 0.2) is 23.1 Å². The van der Waals surface area contributed by atoms with Crippen molar-refractivity contribution in [1.82, 2.24) is 0 Å². The van der Waals surface area contributed by atoms with Gasteiger partial charge in [0.2, 0.25) is 0 Å². The molecule has 0 saturated heterocycles. The molecule has 64 valence electrons. The van der Waals surface area contributed by atoms with Crippen molar-refractivity contribution in [1.29, 1.82) is 0 Å². The van der Waals surface area contributed by atoms with Gasteiger partial charge in [-0.2, -0.15) is 0 Å². The molecule has 0 atom stereocenters. The number of hydrogen-bond donors (Lipinski definition) is 1. The molecule has 1 aromatic carbocycles. The van der Waals surface area contributed by atoms with E-state index in [0.717, 1.165) is 4.91 Å². The van der Waals surface area contributed by atoms with Gasteiger partial charge in [0.1, 0.15) is 0 Å². The molecule has 0 aromatic heterocycles. The Morgan fingerprint density at radius 2 is 2.00 bits per heavy atom. The van der Waals surface area contributed by atoms with Crippen molar-refractivity contribution in [2.75, 3.05) is 0 Å². The van der Waals surface area contributed by atoms with Crippen molar-refractivity contribution >= 4 is 18.7 Å². The maximum atomic E-state index is 4.24. The molecule has 1 rings (SSSR count). The van der Waals surface area contributed by atoms with Crippen LogP contribution in [0.2, 0.25) is 0 Å². The van der Waals surface area contributed by atoms with Gasteiger partial charge < -0.3 is 0 Å². The van der Waals surface area contributed by atoms with Crippen LogP contribution >= 0.6 is 12.6 Å². The van der Waals surface area contributed by atoms with Crippen LogP contribution in [0.3, 0.4) is 0 Å². The molecule has 0 amide bonds. The first-order chi connectivity index (χ1) is 5.59. The Morgan fingerprint density at radius 3 is 2.50 bits per heavy atom. The van der Waals surface area contributed by atoms with Gasteiger partial charge in [0, 0.05) is 0 Å². The summed E-state index contributed by atoms with van der Waals surface area (Å²) in [6.45, 7) is 6.21. The number of hydrogen-bond acceptors (Lipinski definition) is 1. The molecule has 12 heavy (non-hydrogen) atoms. The summed E-state index contributed by atoms with van der Waals surface area (Å²) in [5.74, 6) is 0. The molecule has 0 heterocycles. The fourth-order valence-electron chi connectivity index (χ4n) is 1.21. The predicted octanol–water partition coefficient (Wildman–Crippen LogP) is 3.59. The lowest BCUT2D eigenvalue weighted by molar-refractivity contribution is 1.37. The van der Waals surface area contributed by atoms with Crippen LogP contribution in [0.5, 0.6) is 0 Å². The van der Waals surface area contributed by atoms with Gasteiger partial charge in [-0.05, 0) is 42.9 Å². The zero-order valence-electron chi connectivity index (χ0n) is 7.76. The number of aryl methyl sites for hydroxylation is 2. The number of rotatable bonds is 1. The van der Waals surface area contributed by atoms with E-state index in [1.807, 2.05) is 6.92 Å². The van der Waals surface area contributed by atoms with Crippen LogP contribution in [0.1, 0.15) is 23.6 Å². The second kappa shape index (κ2) is 3.81. The summed E-state index contributed by atoms with van der Waals surface area (Å²) in [4.78, 5) is 1.04. The van der Waals surface area contributed by atoms with Crippen molar-refractivity contribution in [2.45, 2.75) is 20.8 Å². The third kappa shape index (κ3) is 2.42. The first-order valence-corrected chi connectivity index (χ1v) is 4.49. The fraction of sp³-hybridized carbons (Fsp3) is 0.273. The van der Waals surface area contributed by atoms with Gasteiger partial charge in [-0.1, -0.05) is 23.8 Å². The first-order valence-electron chi connectivity index (χ1n) is 4.04. The average Bonchev–Trinajstić information content (AvgIpc) is 1.94. The van der Waals surface area contributed by atoms with Gasteiger partial charge in [0.05, 0.1) is 0 Å². The summed E-state index contributed by atoms with van der Waals surface area (Å²) < 4.78 is 0.